The lowest BCUT2D eigenvalue weighted by molar-refractivity contribution is -0.147. The lowest BCUT2D eigenvalue weighted by atomic mass is 10.3. The van der Waals surface area contributed by atoms with E-state index in [-0.39, 0.29) is 26.1 Å². The third-order valence-electron chi connectivity index (χ3n) is 1.86. The van der Waals surface area contributed by atoms with Crippen molar-refractivity contribution in [2.45, 2.75) is 12.8 Å². The van der Waals surface area contributed by atoms with Gasteiger partial charge >= 0.3 is 11.9 Å². The predicted octanol–water partition coefficient (Wildman–Crippen LogP) is 0.908. The van der Waals surface area contributed by atoms with Gasteiger partial charge in [-0.1, -0.05) is 18.2 Å². The highest BCUT2D eigenvalue weighted by Gasteiger charge is 2.09. The molecule has 0 heterocycles. The maximum Gasteiger partial charge on any atom is 0.311 e. The Bertz CT molecular complexity index is 360. The van der Waals surface area contributed by atoms with E-state index < -0.39 is 11.9 Å². The van der Waals surface area contributed by atoms with E-state index >= 15 is 0 Å². The maximum absolute atomic E-state index is 11.3. The number of carbonyl (C=O) groups excluding carboxylic acids is 2. The molecule has 0 aliphatic carbocycles. The van der Waals surface area contributed by atoms with Gasteiger partial charge in [-0.05, 0) is 12.1 Å². The van der Waals surface area contributed by atoms with Crippen LogP contribution in [0.3, 0.4) is 0 Å². The Balaban J connectivity index is 2.24. The Hall–Kier alpha value is -1.88. The lowest BCUT2D eigenvalue weighted by Crippen LogP contribution is -2.13. The zero-order valence-corrected chi connectivity index (χ0v) is 9.30. The first-order valence-electron chi connectivity index (χ1n) is 5.24. The molecular weight excluding hydrogens is 224 g/mol. The lowest BCUT2D eigenvalue weighted by Gasteiger charge is -2.04. The van der Waals surface area contributed by atoms with Crippen molar-refractivity contribution in [1.82, 2.24) is 0 Å². The van der Waals surface area contributed by atoms with Crippen molar-refractivity contribution in [3.05, 3.63) is 30.3 Å². The summed E-state index contributed by atoms with van der Waals surface area (Å²) in [6.45, 7) is -0.271. The number of para-hydroxylation sites is 1. The second-order valence-corrected chi connectivity index (χ2v) is 3.23. The van der Waals surface area contributed by atoms with Crippen molar-refractivity contribution in [3.8, 4) is 5.75 Å². The van der Waals surface area contributed by atoms with Crippen LogP contribution in [0, 0.1) is 0 Å². The SMILES string of the molecule is O=C(CCC(=O)Oc1ccccc1)OCCO. The third kappa shape index (κ3) is 5.67. The maximum atomic E-state index is 11.3. The second kappa shape index (κ2) is 7.40. The van der Waals surface area contributed by atoms with Gasteiger partial charge in [0.15, 0.2) is 0 Å². The van der Waals surface area contributed by atoms with Crippen LogP contribution in [0.4, 0.5) is 0 Å². The summed E-state index contributed by atoms with van der Waals surface area (Å²) in [4.78, 5) is 22.3. The summed E-state index contributed by atoms with van der Waals surface area (Å²) in [5, 5.41) is 8.42. The number of esters is 2. The molecule has 17 heavy (non-hydrogen) atoms. The normalized spacial score (nSPS) is 9.71. The highest BCUT2D eigenvalue weighted by Crippen LogP contribution is 2.09. The third-order valence-corrected chi connectivity index (χ3v) is 1.86. The van der Waals surface area contributed by atoms with Gasteiger partial charge in [-0.15, -0.1) is 0 Å². The standard InChI is InChI=1S/C12H14O5/c13-8-9-16-11(14)6-7-12(15)17-10-4-2-1-3-5-10/h1-5,13H,6-9H2. The van der Waals surface area contributed by atoms with E-state index in [1.165, 1.54) is 0 Å². The Kier molecular flexibility index (Phi) is 5.74. The fourth-order valence-electron chi connectivity index (χ4n) is 1.11. The van der Waals surface area contributed by atoms with E-state index in [1.54, 1.807) is 24.3 Å². The number of benzene rings is 1. The number of hydrogen-bond acceptors (Lipinski definition) is 5. The minimum absolute atomic E-state index is 0.0425. The molecule has 0 amide bonds. The van der Waals surface area contributed by atoms with Crippen LogP contribution < -0.4 is 4.74 Å². The molecule has 0 bridgehead atoms. The summed E-state index contributed by atoms with van der Waals surface area (Å²) in [6.07, 6.45) is -0.0924. The fraction of sp³-hybridized carbons (Fsp3) is 0.333. The topological polar surface area (TPSA) is 72.8 Å². The Morgan fingerprint density at radius 2 is 1.71 bits per heavy atom. The van der Waals surface area contributed by atoms with Crippen molar-refractivity contribution in [2.75, 3.05) is 13.2 Å². The smallest absolute Gasteiger partial charge is 0.311 e. The van der Waals surface area contributed by atoms with E-state index in [2.05, 4.69) is 4.74 Å². The highest BCUT2D eigenvalue weighted by atomic mass is 16.5. The van der Waals surface area contributed by atoms with Gasteiger partial charge < -0.3 is 14.6 Å². The molecule has 0 fully saturated rings. The highest BCUT2D eigenvalue weighted by molar-refractivity contribution is 5.78. The predicted molar refractivity (Wildman–Crippen MR) is 59.4 cm³/mol. The first-order valence-corrected chi connectivity index (χ1v) is 5.24. The van der Waals surface area contributed by atoms with Crippen molar-refractivity contribution in [1.29, 1.82) is 0 Å². The molecule has 5 nitrogen and oxygen atoms in total. The number of hydrogen-bond donors (Lipinski definition) is 1. The molecule has 92 valence electrons. The number of aliphatic hydroxyl groups excluding tert-OH is 1. The van der Waals surface area contributed by atoms with Crippen LogP contribution in [0.25, 0.3) is 0 Å². The van der Waals surface area contributed by atoms with Crippen LogP contribution in [-0.2, 0) is 14.3 Å². The summed E-state index contributed by atoms with van der Waals surface area (Å²) in [6, 6.07) is 8.61. The number of aliphatic hydroxyl groups is 1. The van der Waals surface area contributed by atoms with Crippen molar-refractivity contribution < 1.29 is 24.2 Å². The molecule has 1 rings (SSSR count). The monoisotopic (exact) mass is 238 g/mol. The average molecular weight is 238 g/mol. The Morgan fingerprint density at radius 3 is 2.35 bits per heavy atom. The number of carbonyl (C=O) groups is 2. The Morgan fingerprint density at radius 1 is 1.06 bits per heavy atom. The van der Waals surface area contributed by atoms with Gasteiger partial charge in [0, 0.05) is 0 Å². The minimum atomic E-state index is -0.524. The summed E-state index contributed by atoms with van der Waals surface area (Å²) in [7, 11) is 0. The number of rotatable bonds is 6. The quantitative estimate of drug-likeness (QED) is 0.589. The zero-order valence-electron chi connectivity index (χ0n) is 9.30. The first kappa shape index (κ1) is 13.2. The van der Waals surface area contributed by atoms with E-state index in [0.29, 0.717) is 5.75 Å². The van der Waals surface area contributed by atoms with Crippen molar-refractivity contribution in [2.24, 2.45) is 0 Å². The van der Waals surface area contributed by atoms with Gasteiger partial charge in [0.25, 0.3) is 0 Å². The van der Waals surface area contributed by atoms with Gasteiger partial charge in [-0.2, -0.15) is 0 Å². The summed E-state index contributed by atoms with van der Waals surface area (Å²) >= 11 is 0. The average Bonchev–Trinajstić information content (AvgIpc) is 2.35. The molecule has 0 saturated heterocycles. The summed E-state index contributed by atoms with van der Waals surface area (Å²) < 4.78 is 9.57. The molecule has 0 radical (unpaired) electrons. The van der Waals surface area contributed by atoms with Gasteiger partial charge in [0.1, 0.15) is 12.4 Å². The van der Waals surface area contributed by atoms with Crippen LogP contribution in [-0.4, -0.2) is 30.3 Å². The second-order valence-electron chi connectivity index (χ2n) is 3.23. The summed E-state index contributed by atoms with van der Waals surface area (Å²) in [5.74, 6) is -0.567. The molecule has 5 heteroatoms. The van der Waals surface area contributed by atoms with E-state index in [4.69, 9.17) is 9.84 Å². The fourth-order valence-corrected chi connectivity index (χ4v) is 1.11. The van der Waals surface area contributed by atoms with E-state index in [9.17, 15) is 9.59 Å². The minimum Gasteiger partial charge on any atom is -0.463 e. The molecule has 0 saturated carbocycles. The van der Waals surface area contributed by atoms with Gasteiger partial charge in [0.2, 0.25) is 0 Å². The summed E-state index contributed by atoms with van der Waals surface area (Å²) in [5.41, 5.74) is 0. The van der Waals surface area contributed by atoms with E-state index in [0.717, 1.165) is 0 Å². The molecule has 0 unspecified atom stereocenters. The van der Waals surface area contributed by atoms with Crippen LogP contribution in [0.1, 0.15) is 12.8 Å². The molecule has 0 aliphatic heterocycles. The number of ether oxygens (including phenoxy) is 2. The van der Waals surface area contributed by atoms with Gasteiger partial charge in [0.05, 0.1) is 19.4 Å². The molecule has 0 aromatic heterocycles. The first-order chi connectivity index (χ1) is 8.22. The molecule has 0 spiro atoms. The molecular formula is C12H14O5. The molecule has 0 aliphatic rings. The molecule has 1 N–H and O–H groups in total. The molecule has 0 atom stereocenters. The molecule has 1 aromatic rings. The largest absolute Gasteiger partial charge is 0.463 e. The van der Waals surface area contributed by atoms with Crippen LogP contribution in [0.5, 0.6) is 5.75 Å². The van der Waals surface area contributed by atoms with Crippen molar-refractivity contribution >= 4 is 11.9 Å². The Labute approximate surface area is 99.0 Å². The van der Waals surface area contributed by atoms with Gasteiger partial charge in [-0.25, -0.2) is 0 Å². The van der Waals surface area contributed by atoms with Crippen LogP contribution >= 0.6 is 0 Å². The van der Waals surface area contributed by atoms with Crippen LogP contribution in [0.15, 0.2) is 30.3 Å². The zero-order chi connectivity index (χ0) is 12.5. The van der Waals surface area contributed by atoms with Crippen molar-refractivity contribution in [3.63, 3.8) is 0 Å². The van der Waals surface area contributed by atoms with Crippen LogP contribution in [0.2, 0.25) is 0 Å². The molecule has 1 aromatic carbocycles. The van der Waals surface area contributed by atoms with Gasteiger partial charge in [-0.3, -0.25) is 9.59 Å². The van der Waals surface area contributed by atoms with E-state index in [1.807, 2.05) is 6.07 Å².